The molecule has 1 aromatic heterocycles. The molecule has 1 atom stereocenters. The van der Waals surface area contributed by atoms with Gasteiger partial charge >= 0.3 is 0 Å². The molecule has 2 aromatic rings. The van der Waals surface area contributed by atoms with Gasteiger partial charge < -0.3 is 10.7 Å². The molecule has 114 valence electrons. The molecule has 2 rings (SSSR count). The van der Waals surface area contributed by atoms with Crippen molar-refractivity contribution < 1.29 is 8.42 Å². The second-order valence-corrected chi connectivity index (χ2v) is 6.83. The van der Waals surface area contributed by atoms with E-state index in [1.165, 1.54) is 11.8 Å². The number of H-pyrrole nitrogens is 1. The normalized spacial score (nSPS) is 13.2. The molecule has 1 unspecified atom stereocenters. The van der Waals surface area contributed by atoms with Crippen LogP contribution >= 0.6 is 0 Å². The van der Waals surface area contributed by atoms with Crippen LogP contribution in [0.2, 0.25) is 0 Å². The lowest BCUT2D eigenvalue weighted by molar-refractivity contribution is 0.547. The van der Waals surface area contributed by atoms with Crippen molar-refractivity contribution >= 4 is 10.0 Å². The summed E-state index contributed by atoms with van der Waals surface area (Å²) < 4.78 is 27.1. The topological polar surface area (TPSA) is 88.0 Å². The van der Waals surface area contributed by atoms with Gasteiger partial charge in [0.05, 0.1) is 4.90 Å². The summed E-state index contributed by atoms with van der Waals surface area (Å²) in [5, 5.41) is 0. The summed E-state index contributed by atoms with van der Waals surface area (Å²) in [7, 11) is -3.49. The molecule has 5 nitrogen and oxygen atoms in total. The molecular weight excluding hydrogens is 286 g/mol. The Morgan fingerprint density at radius 2 is 2.00 bits per heavy atom. The second-order valence-electron chi connectivity index (χ2n) is 5.11. The lowest BCUT2D eigenvalue weighted by Crippen LogP contribution is -2.32. The standard InChI is InChI=1S/C15H21N3O2S/c1-12(7-8-13-5-3-2-4-6-13)18-21(19,20)15-9-14(10-16)17-11-15/h2-6,9,11-12,17-18H,7-8,10,16H2,1H3. The van der Waals surface area contributed by atoms with Crippen LogP contribution in [0.1, 0.15) is 24.6 Å². The number of aryl methyl sites for hydroxylation is 1. The lowest BCUT2D eigenvalue weighted by atomic mass is 10.1. The maximum atomic E-state index is 12.2. The number of sulfonamides is 1. The van der Waals surface area contributed by atoms with Crippen molar-refractivity contribution in [2.24, 2.45) is 5.73 Å². The number of hydrogen-bond acceptors (Lipinski definition) is 3. The number of aromatic amines is 1. The zero-order valence-electron chi connectivity index (χ0n) is 12.0. The Bertz CT molecular complexity index is 665. The minimum atomic E-state index is -3.49. The van der Waals surface area contributed by atoms with Crippen LogP contribution in [0.4, 0.5) is 0 Å². The third-order valence-corrected chi connectivity index (χ3v) is 4.88. The van der Waals surface area contributed by atoms with Crippen molar-refractivity contribution in [1.29, 1.82) is 0 Å². The van der Waals surface area contributed by atoms with Crippen LogP contribution in [0.5, 0.6) is 0 Å². The Hall–Kier alpha value is -1.63. The molecule has 6 heteroatoms. The molecule has 21 heavy (non-hydrogen) atoms. The molecule has 0 fully saturated rings. The number of nitrogens with one attached hydrogen (secondary N) is 2. The van der Waals surface area contributed by atoms with Crippen LogP contribution in [-0.4, -0.2) is 19.4 Å². The van der Waals surface area contributed by atoms with E-state index in [0.717, 1.165) is 12.8 Å². The van der Waals surface area contributed by atoms with E-state index in [2.05, 4.69) is 9.71 Å². The molecule has 0 aliphatic carbocycles. The Kier molecular flexibility index (Phi) is 5.17. The first-order valence-electron chi connectivity index (χ1n) is 6.95. The quantitative estimate of drug-likeness (QED) is 0.728. The van der Waals surface area contributed by atoms with E-state index in [1.807, 2.05) is 37.3 Å². The van der Waals surface area contributed by atoms with E-state index >= 15 is 0 Å². The first-order chi connectivity index (χ1) is 10.0. The summed E-state index contributed by atoms with van der Waals surface area (Å²) >= 11 is 0. The summed E-state index contributed by atoms with van der Waals surface area (Å²) in [5.41, 5.74) is 7.38. The van der Waals surface area contributed by atoms with Gasteiger partial charge in [-0.25, -0.2) is 13.1 Å². The number of nitrogens with two attached hydrogens (primary N) is 1. The van der Waals surface area contributed by atoms with Crippen LogP contribution in [0.25, 0.3) is 0 Å². The van der Waals surface area contributed by atoms with Gasteiger partial charge in [0.15, 0.2) is 0 Å². The first-order valence-corrected chi connectivity index (χ1v) is 8.43. The van der Waals surface area contributed by atoms with Crippen LogP contribution in [0.15, 0.2) is 47.5 Å². The van der Waals surface area contributed by atoms with E-state index in [4.69, 9.17) is 5.73 Å². The molecule has 0 saturated heterocycles. The maximum Gasteiger partial charge on any atom is 0.242 e. The number of benzene rings is 1. The highest BCUT2D eigenvalue weighted by Crippen LogP contribution is 2.12. The van der Waals surface area contributed by atoms with Gasteiger partial charge in [-0.2, -0.15) is 0 Å². The minimum absolute atomic E-state index is 0.133. The van der Waals surface area contributed by atoms with E-state index in [9.17, 15) is 8.42 Å². The van der Waals surface area contributed by atoms with Crippen LogP contribution in [0, 0.1) is 0 Å². The van der Waals surface area contributed by atoms with Gasteiger partial charge in [-0.3, -0.25) is 0 Å². The zero-order valence-corrected chi connectivity index (χ0v) is 12.9. The largest absolute Gasteiger partial charge is 0.363 e. The fourth-order valence-corrected chi connectivity index (χ4v) is 3.41. The molecule has 0 radical (unpaired) electrons. The van der Waals surface area contributed by atoms with E-state index < -0.39 is 10.0 Å². The zero-order chi connectivity index (χ0) is 15.3. The Morgan fingerprint density at radius 3 is 2.62 bits per heavy atom. The molecule has 0 spiro atoms. The fraction of sp³-hybridized carbons (Fsp3) is 0.333. The molecular formula is C15H21N3O2S. The van der Waals surface area contributed by atoms with Gasteiger partial charge in [0.2, 0.25) is 10.0 Å². The summed E-state index contributed by atoms with van der Waals surface area (Å²) in [6.07, 6.45) is 3.05. The predicted octanol–water partition coefficient (Wildman–Crippen LogP) is 1.77. The third kappa shape index (κ3) is 4.42. The Labute approximate surface area is 125 Å². The summed E-state index contributed by atoms with van der Waals surface area (Å²) in [5.74, 6) is 0. The van der Waals surface area contributed by atoms with Crippen LogP contribution in [-0.2, 0) is 23.0 Å². The van der Waals surface area contributed by atoms with E-state index in [1.54, 1.807) is 6.07 Å². The van der Waals surface area contributed by atoms with E-state index in [-0.39, 0.29) is 10.9 Å². The Balaban J connectivity index is 1.93. The van der Waals surface area contributed by atoms with Gasteiger partial charge in [0.1, 0.15) is 0 Å². The number of rotatable bonds is 7. The average molecular weight is 307 g/mol. The fourth-order valence-electron chi connectivity index (χ4n) is 2.11. The highest BCUT2D eigenvalue weighted by atomic mass is 32.2. The number of hydrogen-bond donors (Lipinski definition) is 3. The lowest BCUT2D eigenvalue weighted by Gasteiger charge is -2.13. The average Bonchev–Trinajstić information content (AvgIpc) is 2.96. The smallest absolute Gasteiger partial charge is 0.242 e. The Morgan fingerprint density at radius 1 is 1.29 bits per heavy atom. The molecule has 0 aliphatic heterocycles. The van der Waals surface area contributed by atoms with Gasteiger partial charge in [0, 0.05) is 24.5 Å². The minimum Gasteiger partial charge on any atom is -0.363 e. The van der Waals surface area contributed by atoms with Crippen molar-refractivity contribution in [2.75, 3.05) is 0 Å². The molecule has 1 heterocycles. The van der Waals surface area contributed by atoms with Crippen molar-refractivity contribution in [1.82, 2.24) is 9.71 Å². The molecule has 0 saturated carbocycles. The van der Waals surface area contributed by atoms with Crippen molar-refractivity contribution in [3.05, 3.63) is 53.9 Å². The van der Waals surface area contributed by atoms with Gasteiger partial charge in [-0.05, 0) is 31.4 Å². The molecule has 4 N–H and O–H groups in total. The van der Waals surface area contributed by atoms with Gasteiger partial charge in [0.25, 0.3) is 0 Å². The maximum absolute atomic E-state index is 12.2. The van der Waals surface area contributed by atoms with Gasteiger partial charge in [-0.15, -0.1) is 0 Å². The van der Waals surface area contributed by atoms with Crippen molar-refractivity contribution in [3.63, 3.8) is 0 Å². The third-order valence-electron chi connectivity index (χ3n) is 3.31. The molecule has 0 bridgehead atoms. The highest BCUT2D eigenvalue weighted by Gasteiger charge is 2.18. The van der Waals surface area contributed by atoms with Crippen molar-refractivity contribution in [2.45, 2.75) is 37.2 Å². The molecule has 0 aliphatic rings. The monoisotopic (exact) mass is 307 g/mol. The summed E-state index contributed by atoms with van der Waals surface area (Å²) in [6.45, 7) is 2.16. The van der Waals surface area contributed by atoms with Crippen LogP contribution < -0.4 is 10.5 Å². The van der Waals surface area contributed by atoms with E-state index in [0.29, 0.717) is 12.2 Å². The SMILES string of the molecule is CC(CCc1ccccc1)NS(=O)(=O)c1c[nH]c(CN)c1. The molecule has 1 aromatic carbocycles. The van der Waals surface area contributed by atoms with Crippen molar-refractivity contribution in [3.8, 4) is 0 Å². The second kappa shape index (κ2) is 6.89. The van der Waals surface area contributed by atoms with Gasteiger partial charge in [-0.1, -0.05) is 30.3 Å². The highest BCUT2D eigenvalue weighted by molar-refractivity contribution is 7.89. The molecule has 0 amide bonds. The summed E-state index contributed by atoms with van der Waals surface area (Å²) in [6, 6.07) is 11.5. The summed E-state index contributed by atoms with van der Waals surface area (Å²) in [4.78, 5) is 3.08. The first kappa shape index (κ1) is 15.8. The predicted molar refractivity (Wildman–Crippen MR) is 83.2 cm³/mol. The number of aromatic nitrogens is 1. The van der Waals surface area contributed by atoms with Crippen LogP contribution in [0.3, 0.4) is 0 Å².